The van der Waals surface area contributed by atoms with E-state index in [2.05, 4.69) is 0 Å². The predicted molar refractivity (Wildman–Crippen MR) is 91.4 cm³/mol. The van der Waals surface area contributed by atoms with Crippen molar-refractivity contribution in [2.75, 3.05) is 13.7 Å². The highest BCUT2D eigenvalue weighted by atomic mass is 16.5. The van der Waals surface area contributed by atoms with Gasteiger partial charge in [0.1, 0.15) is 11.2 Å². The summed E-state index contributed by atoms with van der Waals surface area (Å²) in [7, 11) is 1.42. The average Bonchev–Trinajstić information content (AvgIpc) is 2.59. The van der Waals surface area contributed by atoms with Gasteiger partial charge >= 0.3 is 11.9 Å². The Morgan fingerprint density at radius 2 is 1.92 bits per heavy atom. The topological polar surface area (TPSA) is 69.7 Å². The van der Waals surface area contributed by atoms with E-state index < -0.39 is 5.41 Å². The van der Waals surface area contributed by atoms with Gasteiger partial charge in [-0.1, -0.05) is 32.6 Å². The van der Waals surface area contributed by atoms with E-state index in [-0.39, 0.29) is 23.6 Å². The van der Waals surface area contributed by atoms with Crippen molar-refractivity contribution in [3.05, 3.63) is 0 Å². The third-order valence-corrected chi connectivity index (χ3v) is 5.14. The van der Waals surface area contributed by atoms with Crippen LogP contribution in [0.25, 0.3) is 0 Å². The van der Waals surface area contributed by atoms with Crippen molar-refractivity contribution < 1.29 is 23.9 Å². The van der Waals surface area contributed by atoms with Crippen molar-refractivity contribution in [1.29, 1.82) is 0 Å². The largest absolute Gasteiger partial charge is 0.469 e. The minimum Gasteiger partial charge on any atom is -0.469 e. The highest BCUT2D eigenvalue weighted by Crippen LogP contribution is 2.39. The molecule has 1 aliphatic rings. The Balaban J connectivity index is 2.50. The second-order valence-electron chi connectivity index (χ2n) is 6.66. The van der Waals surface area contributed by atoms with Crippen LogP contribution in [-0.4, -0.2) is 31.4 Å². The number of unbranched alkanes of at least 4 members (excludes halogenated alkanes) is 2. The van der Waals surface area contributed by atoms with Crippen molar-refractivity contribution in [1.82, 2.24) is 0 Å². The molecule has 1 saturated carbocycles. The van der Waals surface area contributed by atoms with Gasteiger partial charge in [0.15, 0.2) is 0 Å². The van der Waals surface area contributed by atoms with Gasteiger partial charge < -0.3 is 9.47 Å². The number of methoxy groups -OCH3 is 1. The first-order chi connectivity index (χ1) is 11.5. The van der Waals surface area contributed by atoms with Gasteiger partial charge in [0.05, 0.1) is 19.6 Å². The van der Waals surface area contributed by atoms with Crippen LogP contribution in [0.2, 0.25) is 0 Å². The SMILES string of the molecule is CCOC(=O)C1(CCCCCC(CC)C(=O)OC)CCCCC1=O. The second-order valence-corrected chi connectivity index (χ2v) is 6.66. The van der Waals surface area contributed by atoms with E-state index in [1.165, 1.54) is 7.11 Å². The zero-order valence-corrected chi connectivity index (χ0v) is 15.4. The monoisotopic (exact) mass is 340 g/mol. The molecule has 2 unspecified atom stereocenters. The number of carbonyl (C=O) groups excluding carboxylic acids is 3. The maximum absolute atomic E-state index is 12.4. The fourth-order valence-corrected chi connectivity index (χ4v) is 3.59. The molecule has 0 amide bonds. The molecule has 0 heterocycles. The molecule has 0 radical (unpaired) electrons. The van der Waals surface area contributed by atoms with Crippen molar-refractivity contribution >= 4 is 17.7 Å². The van der Waals surface area contributed by atoms with E-state index in [1.54, 1.807) is 6.92 Å². The first kappa shape index (κ1) is 20.7. The lowest BCUT2D eigenvalue weighted by Crippen LogP contribution is -2.43. The van der Waals surface area contributed by atoms with Crippen LogP contribution in [0.4, 0.5) is 0 Å². The van der Waals surface area contributed by atoms with Gasteiger partial charge in [0.2, 0.25) is 0 Å². The van der Waals surface area contributed by atoms with Crippen LogP contribution < -0.4 is 0 Å². The Hall–Kier alpha value is -1.39. The fraction of sp³-hybridized carbons (Fsp3) is 0.842. The molecule has 0 aliphatic heterocycles. The molecule has 0 spiro atoms. The summed E-state index contributed by atoms with van der Waals surface area (Å²) in [4.78, 5) is 36.4. The third kappa shape index (κ3) is 5.32. The average molecular weight is 340 g/mol. The molecule has 2 atom stereocenters. The van der Waals surface area contributed by atoms with Gasteiger partial charge in [0, 0.05) is 6.42 Å². The maximum atomic E-state index is 12.4. The van der Waals surface area contributed by atoms with Gasteiger partial charge in [-0.15, -0.1) is 0 Å². The van der Waals surface area contributed by atoms with Gasteiger partial charge in [-0.2, -0.15) is 0 Å². The highest BCUT2D eigenvalue weighted by Gasteiger charge is 2.47. The summed E-state index contributed by atoms with van der Waals surface area (Å²) in [6.07, 6.45) is 7.64. The van der Waals surface area contributed by atoms with E-state index in [0.29, 0.717) is 25.9 Å². The maximum Gasteiger partial charge on any atom is 0.319 e. The number of hydrogen-bond donors (Lipinski definition) is 0. The van der Waals surface area contributed by atoms with E-state index in [9.17, 15) is 14.4 Å². The molecular formula is C19H32O5. The lowest BCUT2D eigenvalue weighted by molar-refractivity contribution is -0.163. The minimum absolute atomic E-state index is 0.0493. The predicted octanol–water partition coefficient (Wildman–Crippen LogP) is 3.83. The Labute approximate surface area is 145 Å². The van der Waals surface area contributed by atoms with Gasteiger partial charge in [0.25, 0.3) is 0 Å². The number of esters is 2. The summed E-state index contributed by atoms with van der Waals surface area (Å²) >= 11 is 0. The standard InChI is InChI=1S/C19H32O5/c1-4-15(17(21)23-3)11-7-6-9-13-19(18(22)24-5-2)14-10-8-12-16(19)20/h15H,4-14H2,1-3H3. The van der Waals surface area contributed by atoms with Crippen molar-refractivity contribution in [3.8, 4) is 0 Å². The Bertz CT molecular complexity index is 431. The summed E-state index contributed by atoms with van der Waals surface area (Å²) in [5.74, 6) is -0.489. The molecule has 1 fully saturated rings. The van der Waals surface area contributed by atoms with Crippen LogP contribution >= 0.6 is 0 Å². The zero-order chi connectivity index (χ0) is 18.0. The molecule has 24 heavy (non-hydrogen) atoms. The molecule has 0 aromatic rings. The van der Waals surface area contributed by atoms with Crippen molar-refractivity contribution in [3.63, 3.8) is 0 Å². The molecule has 1 aliphatic carbocycles. The van der Waals surface area contributed by atoms with Gasteiger partial charge in [-0.25, -0.2) is 0 Å². The summed E-state index contributed by atoms with van der Waals surface area (Å²) < 4.78 is 9.99. The Morgan fingerprint density at radius 1 is 1.17 bits per heavy atom. The molecule has 0 saturated heterocycles. The first-order valence-electron chi connectivity index (χ1n) is 9.30. The van der Waals surface area contributed by atoms with Crippen LogP contribution in [-0.2, 0) is 23.9 Å². The molecule has 0 aromatic heterocycles. The number of hydrogen-bond acceptors (Lipinski definition) is 5. The smallest absolute Gasteiger partial charge is 0.319 e. The highest BCUT2D eigenvalue weighted by molar-refractivity contribution is 6.04. The van der Waals surface area contributed by atoms with E-state index in [1.807, 2.05) is 6.92 Å². The summed E-state index contributed by atoms with van der Waals surface area (Å²) in [5, 5.41) is 0. The van der Waals surface area contributed by atoms with Crippen LogP contribution in [0.3, 0.4) is 0 Å². The van der Waals surface area contributed by atoms with Crippen LogP contribution in [0.15, 0.2) is 0 Å². The van der Waals surface area contributed by atoms with Crippen LogP contribution in [0.5, 0.6) is 0 Å². The Morgan fingerprint density at radius 3 is 2.50 bits per heavy atom. The third-order valence-electron chi connectivity index (χ3n) is 5.14. The lowest BCUT2D eigenvalue weighted by Gasteiger charge is -2.33. The van der Waals surface area contributed by atoms with E-state index >= 15 is 0 Å². The normalized spacial score (nSPS) is 22.0. The van der Waals surface area contributed by atoms with Crippen LogP contribution in [0, 0.1) is 11.3 Å². The number of carbonyl (C=O) groups is 3. The van der Waals surface area contributed by atoms with Crippen molar-refractivity contribution in [2.24, 2.45) is 11.3 Å². The summed E-state index contributed by atoms with van der Waals surface area (Å²) in [6.45, 7) is 4.07. The molecule has 0 N–H and O–H groups in total. The number of ketones is 1. The van der Waals surface area contributed by atoms with Gasteiger partial charge in [-0.05, 0) is 39.0 Å². The molecular weight excluding hydrogens is 308 g/mol. The number of rotatable bonds is 10. The minimum atomic E-state index is -0.916. The molecule has 5 nitrogen and oxygen atoms in total. The molecule has 1 rings (SSSR count). The number of ether oxygens (including phenoxy) is 2. The summed E-state index contributed by atoms with van der Waals surface area (Å²) in [6, 6.07) is 0. The van der Waals surface area contributed by atoms with Crippen LogP contribution in [0.1, 0.15) is 78.1 Å². The zero-order valence-electron chi connectivity index (χ0n) is 15.4. The number of Topliss-reactive ketones (excluding diaryl/α,β-unsaturated/α-hetero) is 1. The quantitative estimate of drug-likeness (QED) is 0.343. The Kier molecular flexibility index (Phi) is 9.01. The molecule has 0 bridgehead atoms. The lowest BCUT2D eigenvalue weighted by atomic mass is 9.70. The second kappa shape index (κ2) is 10.5. The van der Waals surface area contributed by atoms with E-state index in [4.69, 9.17) is 9.47 Å². The van der Waals surface area contributed by atoms with Gasteiger partial charge in [-0.3, -0.25) is 14.4 Å². The summed E-state index contributed by atoms with van der Waals surface area (Å²) in [5.41, 5.74) is -0.916. The van der Waals surface area contributed by atoms with Crippen molar-refractivity contribution in [2.45, 2.75) is 78.1 Å². The molecule has 5 heteroatoms. The first-order valence-corrected chi connectivity index (χ1v) is 9.30. The fourth-order valence-electron chi connectivity index (χ4n) is 3.59. The van der Waals surface area contributed by atoms with E-state index in [0.717, 1.165) is 44.9 Å². The molecule has 0 aromatic carbocycles. The molecule has 138 valence electrons.